The number of alkyl halides is 1. The largest absolute Gasteiger partial charge is 0.508 e. The summed E-state index contributed by atoms with van der Waals surface area (Å²) in [4.78, 5) is 52.1. The summed E-state index contributed by atoms with van der Waals surface area (Å²) in [6.45, 7) is 0. The fourth-order valence-electron chi connectivity index (χ4n) is 5.56. The number of benzene rings is 1. The van der Waals surface area contributed by atoms with Crippen LogP contribution in [-0.2, 0) is 25.6 Å². The number of primary amides is 1. The van der Waals surface area contributed by atoms with Crippen LogP contribution in [0.25, 0.3) is 5.76 Å². The number of Topliss-reactive ketones (excluding diaryl/α,β-unsaturated/α-hetero) is 2. The van der Waals surface area contributed by atoms with Gasteiger partial charge in [0.15, 0.2) is 17.1 Å². The van der Waals surface area contributed by atoms with Gasteiger partial charge in [0, 0.05) is 11.5 Å². The first-order valence-corrected chi connectivity index (χ1v) is 12.3. The van der Waals surface area contributed by atoms with Crippen molar-refractivity contribution in [2.75, 3.05) is 24.7 Å². The van der Waals surface area contributed by atoms with Crippen LogP contribution in [0.4, 0.5) is 5.69 Å². The Morgan fingerprint density at radius 3 is 2.43 bits per heavy atom. The minimum atomic E-state index is -2.72. The van der Waals surface area contributed by atoms with Crippen LogP contribution in [0, 0.1) is 11.8 Å². The summed E-state index contributed by atoms with van der Waals surface area (Å²) in [6, 6.07) is 0.276. The molecule has 3 unspecified atom stereocenters. The van der Waals surface area contributed by atoms with Crippen molar-refractivity contribution in [3.05, 3.63) is 39.1 Å². The molecule has 1 fully saturated rings. The number of nitrogens with zero attached hydrogens (tertiary/aromatic N) is 1. The molecule has 3 aliphatic rings. The second kappa shape index (κ2) is 10.0. The number of amides is 2. The standard InChI is InChI=1S/C23H23BrClN3O8.BrH/c1-28(2)16-9-4-7-3-8-5-10(25)15(27-11(29)6-24)18(31)12(8)17(30)13(7)20(33)23(9,36)21(34)14(19(16)32)22(26)35;/h5,7,9,16,30-31,34,36H,3-4,6H2,1-2H3,(H2,26,35)(H,27,29);1H/t7?,9?,16-,23?;/m0./s1. The molecular formula is C23H24Br2ClN3O8. The second-order valence-electron chi connectivity index (χ2n) is 9.26. The average molecular weight is 666 g/mol. The average Bonchev–Trinajstić information content (AvgIpc) is 2.78. The van der Waals surface area contributed by atoms with E-state index >= 15 is 0 Å². The lowest BCUT2D eigenvalue weighted by Gasteiger charge is -2.50. The summed E-state index contributed by atoms with van der Waals surface area (Å²) >= 11 is 9.26. The highest BCUT2D eigenvalue weighted by Gasteiger charge is 2.64. The number of aromatic hydroxyl groups is 1. The Hall–Kier alpha value is -2.45. The first-order chi connectivity index (χ1) is 16.8. The monoisotopic (exact) mass is 663 g/mol. The fraction of sp³-hybridized carbons (Fsp3) is 0.391. The van der Waals surface area contributed by atoms with Crippen LogP contribution in [0.1, 0.15) is 17.5 Å². The van der Waals surface area contributed by atoms with Gasteiger partial charge in [-0.2, -0.15) is 0 Å². The highest BCUT2D eigenvalue weighted by molar-refractivity contribution is 9.09. The molecule has 0 aliphatic heterocycles. The number of carbonyl (C=O) groups excluding carboxylic acids is 4. The summed E-state index contributed by atoms with van der Waals surface area (Å²) in [5, 5.41) is 46.7. The van der Waals surface area contributed by atoms with Crippen LogP contribution < -0.4 is 11.1 Å². The zero-order valence-corrected chi connectivity index (χ0v) is 23.6. The third-order valence-corrected chi connectivity index (χ3v) is 7.86. The molecule has 1 aromatic rings. The number of rotatable bonds is 4. The molecule has 3 aliphatic carbocycles. The normalized spacial score (nSPS) is 26.8. The van der Waals surface area contributed by atoms with Gasteiger partial charge < -0.3 is 31.5 Å². The molecule has 0 spiro atoms. The van der Waals surface area contributed by atoms with E-state index in [1.54, 1.807) is 0 Å². The molecule has 11 nitrogen and oxygen atoms in total. The summed E-state index contributed by atoms with van der Waals surface area (Å²) in [5.41, 5.74) is 1.43. The summed E-state index contributed by atoms with van der Waals surface area (Å²) in [5.74, 6) is -8.09. The minimum Gasteiger partial charge on any atom is -0.508 e. The maximum atomic E-state index is 13.7. The van der Waals surface area contributed by atoms with Gasteiger partial charge in [-0.15, -0.1) is 17.0 Å². The molecule has 7 N–H and O–H groups in total. The number of nitrogens with one attached hydrogen (secondary N) is 1. The quantitative estimate of drug-likeness (QED) is 0.157. The maximum absolute atomic E-state index is 13.7. The number of phenols is 1. The Morgan fingerprint density at radius 2 is 1.89 bits per heavy atom. The molecule has 200 valence electrons. The predicted octanol–water partition coefficient (Wildman–Crippen LogP) is 1.53. The van der Waals surface area contributed by atoms with Crippen LogP contribution in [-0.4, -0.2) is 79.8 Å². The van der Waals surface area contributed by atoms with Crippen LogP contribution in [0.5, 0.6) is 5.75 Å². The van der Waals surface area contributed by atoms with E-state index in [1.165, 1.54) is 25.1 Å². The zero-order valence-electron chi connectivity index (χ0n) is 19.5. The summed E-state index contributed by atoms with van der Waals surface area (Å²) in [6.07, 6.45) is 0.0563. The number of aliphatic hydroxyl groups is 3. The van der Waals surface area contributed by atoms with Crippen molar-refractivity contribution in [2.45, 2.75) is 24.5 Å². The Kier molecular flexibility index (Phi) is 7.89. The molecule has 0 radical (unpaired) electrons. The topological polar surface area (TPSA) is 190 Å². The molecule has 0 heterocycles. The van der Waals surface area contributed by atoms with Gasteiger partial charge in [-0.05, 0) is 44.5 Å². The Bertz CT molecular complexity index is 1310. The zero-order chi connectivity index (χ0) is 26.9. The third kappa shape index (κ3) is 4.16. The summed E-state index contributed by atoms with van der Waals surface area (Å²) < 4.78 is 0. The Morgan fingerprint density at radius 1 is 1.27 bits per heavy atom. The van der Waals surface area contributed by atoms with Gasteiger partial charge in [-0.1, -0.05) is 27.5 Å². The number of halogens is 3. The Labute approximate surface area is 234 Å². The van der Waals surface area contributed by atoms with Gasteiger partial charge in [0.2, 0.25) is 11.7 Å². The van der Waals surface area contributed by atoms with Crippen LogP contribution in [0.3, 0.4) is 0 Å². The third-order valence-electron chi connectivity index (χ3n) is 7.05. The maximum Gasteiger partial charge on any atom is 0.255 e. The molecule has 37 heavy (non-hydrogen) atoms. The highest BCUT2D eigenvalue weighted by Crippen LogP contribution is 2.54. The second-order valence-corrected chi connectivity index (χ2v) is 10.2. The number of likely N-dealkylation sites (N-methyl/N-ethyl adjacent to an activating group) is 1. The van der Waals surface area contributed by atoms with Gasteiger partial charge in [-0.3, -0.25) is 24.1 Å². The number of aliphatic hydroxyl groups excluding tert-OH is 2. The van der Waals surface area contributed by atoms with E-state index in [0.717, 1.165) is 0 Å². The number of hydrogen-bond donors (Lipinski definition) is 6. The molecule has 1 aromatic carbocycles. The number of ketones is 2. The van der Waals surface area contributed by atoms with E-state index in [1.807, 2.05) is 0 Å². The molecule has 4 atom stereocenters. The van der Waals surface area contributed by atoms with Gasteiger partial charge >= 0.3 is 0 Å². The van der Waals surface area contributed by atoms with E-state index in [4.69, 9.17) is 17.3 Å². The number of fused-ring (bicyclic) bond motifs is 3. The fourth-order valence-corrected chi connectivity index (χ4v) is 5.96. The van der Waals surface area contributed by atoms with Gasteiger partial charge in [0.1, 0.15) is 22.8 Å². The molecule has 0 saturated heterocycles. The van der Waals surface area contributed by atoms with Crippen LogP contribution >= 0.6 is 44.5 Å². The minimum absolute atomic E-state index is 0. The van der Waals surface area contributed by atoms with Crippen LogP contribution in [0.15, 0.2) is 23.0 Å². The molecule has 0 aromatic heterocycles. The summed E-state index contributed by atoms with van der Waals surface area (Å²) in [7, 11) is 3.04. The van der Waals surface area contributed by atoms with E-state index < -0.39 is 69.7 Å². The van der Waals surface area contributed by atoms with Crippen molar-refractivity contribution in [1.29, 1.82) is 0 Å². The highest BCUT2D eigenvalue weighted by atomic mass is 79.9. The SMILES string of the molecule is Br.CN(C)[C@@H]1C(=O)C(C(N)=O)=C(O)C2(O)C(=O)C3=C(O)c4c(cc(Cl)c(NC(=O)CBr)c4O)CC3CC12. The first kappa shape index (κ1) is 29.1. The molecule has 2 amide bonds. The van der Waals surface area contributed by atoms with E-state index in [0.29, 0.717) is 5.56 Å². The van der Waals surface area contributed by atoms with Gasteiger partial charge in [0.25, 0.3) is 5.91 Å². The Balaban J connectivity index is 0.00000380. The van der Waals surface area contributed by atoms with Gasteiger partial charge in [-0.25, -0.2) is 0 Å². The van der Waals surface area contributed by atoms with E-state index in [2.05, 4.69) is 21.2 Å². The molecule has 4 rings (SSSR count). The van der Waals surface area contributed by atoms with E-state index in [-0.39, 0.29) is 57.0 Å². The number of carbonyl (C=O) groups is 4. The molecule has 1 saturated carbocycles. The van der Waals surface area contributed by atoms with Crippen molar-refractivity contribution in [3.8, 4) is 5.75 Å². The van der Waals surface area contributed by atoms with Crippen molar-refractivity contribution in [2.24, 2.45) is 17.6 Å². The lowest BCUT2D eigenvalue weighted by atomic mass is 9.57. The number of anilines is 1. The lowest BCUT2D eigenvalue weighted by Crippen LogP contribution is -2.65. The van der Waals surface area contributed by atoms with E-state index in [9.17, 15) is 39.6 Å². The number of nitrogens with two attached hydrogens (primary N) is 1. The smallest absolute Gasteiger partial charge is 0.255 e. The number of phenolic OH excluding ortho intramolecular Hbond substituents is 1. The van der Waals surface area contributed by atoms with Crippen molar-refractivity contribution >= 4 is 79.3 Å². The number of hydrogen-bond acceptors (Lipinski definition) is 9. The predicted molar refractivity (Wildman–Crippen MR) is 142 cm³/mol. The first-order valence-electron chi connectivity index (χ1n) is 10.8. The molecule has 14 heteroatoms. The van der Waals surface area contributed by atoms with Crippen LogP contribution in [0.2, 0.25) is 5.02 Å². The molecule has 0 bridgehead atoms. The lowest BCUT2D eigenvalue weighted by molar-refractivity contribution is -0.153. The molecular weight excluding hydrogens is 642 g/mol. The van der Waals surface area contributed by atoms with Crippen molar-refractivity contribution in [1.82, 2.24) is 4.90 Å². The van der Waals surface area contributed by atoms with Crippen molar-refractivity contribution < 1.29 is 39.6 Å². The van der Waals surface area contributed by atoms with Gasteiger partial charge in [0.05, 0.1) is 22.0 Å². The van der Waals surface area contributed by atoms with Crippen molar-refractivity contribution in [3.63, 3.8) is 0 Å².